The van der Waals surface area contributed by atoms with Crippen LogP contribution in [0.25, 0.3) is 0 Å². The molecule has 1 fully saturated rings. The number of carbonyl (C=O) groups is 1. The van der Waals surface area contributed by atoms with Crippen molar-refractivity contribution in [3.05, 3.63) is 84.7 Å². The second kappa shape index (κ2) is 10.0. The van der Waals surface area contributed by atoms with E-state index in [1.807, 2.05) is 67.0 Å². The number of nitrogens with one attached hydrogen (secondary N) is 1. The third-order valence-corrected chi connectivity index (χ3v) is 5.12. The van der Waals surface area contributed by atoms with Gasteiger partial charge in [-0.2, -0.15) is 0 Å². The average Bonchev–Trinajstić information content (AvgIpc) is 2.78. The molecular weight excluding hydrogens is 376 g/mol. The number of hydrogen-bond acceptors (Lipinski definition) is 5. The number of aromatic nitrogens is 1. The normalized spacial score (nSPS) is 14.9. The van der Waals surface area contributed by atoms with Crippen molar-refractivity contribution in [1.82, 2.24) is 14.8 Å². The van der Waals surface area contributed by atoms with Crippen molar-refractivity contribution in [3.63, 3.8) is 0 Å². The molecule has 1 saturated heterocycles. The van der Waals surface area contributed by atoms with E-state index in [1.165, 1.54) is 5.56 Å². The van der Waals surface area contributed by atoms with E-state index in [9.17, 15) is 4.79 Å². The van der Waals surface area contributed by atoms with Crippen LogP contribution in [-0.4, -0.2) is 53.4 Å². The van der Waals surface area contributed by atoms with Gasteiger partial charge in [-0.1, -0.05) is 30.3 Å². The highest BCUT2D eigenvalue weighted by atomic mass is 16.5. The Morgan fingerprint density at radius 2 is 1.53 bits per heavy atom. The van der Waals surface area contributed by atoms with Crippen LogP contribution in [0.3, 0.4) is 0 Å². The molecule has 0 spiro atoms. The maximum absolute atomic E-state index is 12.6. The Balaban J connectivity index is 1.27. The fourth-order valence-corrected chi connectivity index (χ4v) is 3.52. The van der Waals surface area contributed by atoms with Crippen molar-refractivity contribution in [2.75, 3.05) is 38.0 Å². The van der Waals surface area contributed by atoms with Crippen molar-refractivity contribution in [1.29, 1.82) is 0 Å². The van der Waals surface area contributed by atoms with E-state index < -0.39 is 0 Å². The van der Waals surface area contributed by atoms with E-state index in [0.29, 0.717) is 18.0 Å². The first-order valence-electron chi connectivity index (χ1n) is 10.2. The minimum absolute atomic E-state index is 0.0262. The number of pyridine rings is 1. The van der Waals surface area contributed by atoms with Gasteiger partial charge >= 0.3 is 0 Å². The molecule has 30 heavy (non-hydrogen) atoms. The smallest absolute Gasteiger partial charge is 0.238 e. The highest BCUT2D eigenvalue weighted by Crippen LogP contribution is 2.29. The molecule has 0 aliphatic carbocycles. The highest BCUT2D eigenvalue weighted by Gasteiger charge is 2.19. The van der Waals surface area contributed by atoms with Gasteiger partial charge in [-0.3, -0.25) is 19.6 Å². The lowest BCUT2D eigenvalue weighted by molar-refractivity contribution is -0.117. The van der Waals surface area contributed by atoms with Gasteiger partial charge < -0.3 is 10.1 Å². The van der Waals surface area contributed by atoms with E-state index in [1.54, 1.807) is 0 Å². The van der Waals surface area contributed by atoms with Gasteiger partial charge in [0, 0.05) is 45.1 Å². The maximum atomic E-state index is 12.6. The van der Waals surface area contributed by atoms with Crippen LogP contribution in [0.15, 0.2) is 79.1 Å². The lowest BCUT2D eigenvalue weighted by atomic mass is 10.2. The second-order valence-corrected chi connectivity index (χ2v) is 7.37. The molecule has 6 nitrogen and oxygen atoms in total. The summed E-state index contributed by atoms with van der Waals surface area (Å²) in [5, 5.41) is 3.00. The van der Waals surface area contributed by atoms with Gasteiger partial charge in [0.05, 0.1) is 12.2 Å². The fourth-order valence-electron chi connectivity index (χ4n) is 3.52. The largest absolute Gasteiger partial charge is 0.455 e. The molecule has 154 valence electrons. The van der Waals surface area contributed by atoms with Crippen LogP contribution >= 0.6 is 0 Å². The Morgan fingerprint density at radius 3 is 2.30 bits per heavy atom. The standard InChI is InChI=1S/C24H26N4O2/c29-24(19-28-16-14-27(15-17-28)18-20-10-12-25-13-11-20)26-22-8-4-5-9-23(22)30-21-6-2-1-3-7-21/h1-13H,14-19H2,(H,26,29). The molecule has 6 heteroatoms. The van der Waals surface area contributed by atoms with Crippen LogP contribution in [0, 0.1) is 0 Å². The molecule has 1 aromatic heterocycles. The Kier molecular flexibility index (Phi) is 6.69. The van der Waals surface area contributed by atoms with E-state index in [0.717, 1.165) is 38.5 Å². The van der Waals surface area contributed by atoms with Crippen molar-refractivity contribution in [2.45, 2.75) is 6.54 Å². The lowest BCUT2D eigenvalue weighted by Crippen LogP contribution is -2.48. The van der Waals surface area contributed by atoms with Crippen LogP contribution in [0.1, 0.15) is 5.56 Å². The number of carbonyl (C=O) groups excluding carboxylic acids is 1. The molecule has 0 radical (unpaired) electrons. The number of para-hydroxylation sites is 3. The third-order valence-electron chi connectivity index (χ3n) is 5.12. The number of benzene rings is 2. The molecule has 1 aliphatic heterocycles. The Morgan fingerprint density at radius 1 is 0.867 bits per heavy atom. The molecule has 1 aliphatic rings. The van der Waals surface area contributed by atoms with E-state index in [2.05, 4.69) is 32.2 Å². The van der Waals surface area contributed by atoms with Gasteiger partial charge in [0.25, 0.3) is 0 Å². The van der Waals surface area contributed by atoms with Crippen LogP contribution < -0.4 is 10.1 Å². The summed E-state index contributed by atoms with van der Waals surface area (Å²) in [6.07, 6.45) is 3.66. The number of amides is 1. The topological polar surface area (TPSA) is 57.7 Å². The summed E-state index contributed by atoms with van der Waals surface area (Å²) >= 11 is 0. The molecule has 3 aromatic rings. The zero-order chi connectivity index (χ0) is 20.6. The summed E-state index contributed by atoms with van der Waals surface area (Å²) in [4.78, 5) is 21.3. The predicted octanol–water partition coefficient (Wildman–Crippen LogP) is 3.63. The van der Waals surface area contributed by atoms with Crippen LogP contribution in [0.4, 0.5) is 5.69 Å². The molecular formula is C24H26N4O2. The van der Waals surface area contributed by atoms with E-state index in [4.69, 9.17) is 4.74 Å². The lowest BCUT2D eigenvalue weighted by Gasteiger charge is -2.34. The Labute approximate surface area is 177 Å². The van der Waals surface area contributed by atoms with Crippen molar-refractivity contribution < 1.29 is 9.53 Å². The second-order valence-electron chi connectivity index (χ2n) is 7.37. The average molecular weight is 402 g/mol. The molecule has 0 atom stereocenters. The van der Waals surface area contributed by atoms with Crippen LogP contribution in [-0.2, 0) is 11.3 Å². The number of anilines is 1. The zero-order valence-corrected chi connectivity index (χ0v) is 16.9. The summed E-state index contributed by atoms with van der Waals surface area (Å²) in [6, 6.07) is 21.2. The monoisotopic (exact) mass is 402 g/mol. The Bertz CT molecular complexity index is 942. The molecule has 1 amide bonds. The number of nitrogens with zero attached hydrogens (tertiary/aromatic N) is 3. The molecule has 2 aromatic carbocycles. The van der Waals surface area contributed by atoms with Gasteiger partial charge in [0.15, 0.2) is 5.75 Å². The molecule has 1 N–H and O–H groups in total. The highest BCUT2D eigenvalue weighted by molar-refractivity contribution is 5.93. The minimum atomic E-state index is -0.0262. The number of piperazine rings is 1. The van der Waals surface area contributed by atoms with Crippen molar-refractivity contribution >= 4 is 11.6 Å². The van der Waals surface area contributed by atoms with Crippen LogP contribution in [0.2, 0.25) is 0 Å². The zero-order valence-electron chi connectivity index (χ0n) is 16.9. The van der Waals surface area contributed by atoms with Crippen LogP contribution in [0.5, 0.6) is 11.5 Å². The van der Waals surface area contributed by atoms with Gasteiger partial charge in [0.2, 0.25) is 5.91 Å². The van der Waals surface area contributed by atoms with Crippen molar-refractivity contribution in [3.8, 4) is 11.5 Å². The van der Waals surface area contributed by atoms with Gasteiger partial charge in [-0.15, -0.1) is 0 Å². The first kappa shape index (κ1) is 20.1. The Hall–Kier alpha value is -3.22. The summed E-state index contributed by atoms with van der Waals surface area (Å²) in [6.45, 7) is 4.95. The predicted molar refractivity (Wildman–Crippen MR) is 118 cm³/mol. The first-order chi connectivity index (χ1) is 14.8. The molecule has 0 bridgehead atoms. The number of rotatable bonds is 7. The van der Waals surface area contributed by atoms with Gasteiger partial charge in [-0.25, -0.2) is 0 Å². The molecule has 0 unspecified atom stereocenters. The summed E-state index contributed by atoms with van der Waals surface area (Å²) in [5.74, 6) is 1.35. The number of hydrogen-bond donors (Lipinski definition) is 1. The first-order valence-corrected chi connectivity index (χ1v) is 10.2. The molecule has 2 heterocycles. The summed E-state index contributed by atoms with van der Waals surface area (Å²) < 4.78 is 5.93. The quantitative estimate of drug-likeness (QED) is 0.654. The third kappa shape index (κ3) is 5.65. The maximum Gasteiger partial charge on any atom is 0.238 e. The van der Waals surface area contributed by atoms with Gasteiger partial charge in [-0.05, 0) is 42.0 Å². The van der Waals surface area contributed by atoms with Crippen molar-refractivity contribution in [2.24, 2.45) is 0 Å². The summed E-state index contributed by atoms with van der Waals surface area (Å²) in [7, 11) is 0. The SMILES string of the molecule is O=C(CN1CCN(Cc2ccncc2)CC1)Nc1ccccc1Oc1ccccc1. The van der Waals surface area contributed by atoms with Gasteiger partial charge in [0.1, 0.15) is 5.75 Å². The minimum Gasteiger partial charge on any atom is -0.455 e. The van der Waals surface area contributed by atoms with E-state index >= 15 is 0 Å². The fraction of sp³-hybridized carbons (Fsp3) is 0.250. The molecule has 4 rings (SSSR count). The number of ether oxygens (including phenoxy) is 1. The molecule has 0 saturated carbocycles. The summed E-state index contributed by atoms with van der Waals surface area (Å²) in [5.41, 5.74) is 1.95. The van der Waals surface area contributed by atoms with E-state index in [-0.39, 0.29) is 5.91 Å².